The zero-order chi connectivity index (χ0) is 35.5. The Labute approximate surface area is 291 Å². The number of carbonyl (C=O) groups is 2. The number of alkyl halides is 3. The first kappa shape index (κ1) is 42.7. The van der Waals surface area contributed by atoms with Gasteiger partial charge in [0.15, 0.2) is 0 Å². The summed E-state index contributed by atoms with van der Waals surface area (Å²) in [4.78, 5) is 28.0. The Balaban J connectivity index is 0.000000327. The van der Waals surface area contributed by atoms with Crippen LogP contribution in [0.4, 0.5) is 22.8 Å². The Morgan fingerprint density at radius 2 is 1.18 bits per heavy atom. The Hall–Kier alpha value is -2.46. The third-order valence-electron chi connectivity index (χ3n) is 9.05. The van der Waals surface area contributed by atoms with Crippen LogP contribution in [0.3, 0.4) is 0 Å². The SMILES string of the molecule is C.C.CC(C)(C)OC(=O)N1C2C=C(B3OC(C)(C)C(C)(C)O3)CC1CC2.CC(C)(C)OC(=O)N1C2C=C(OS(=O)(=O)C(F)(F)F)CC1CC2. The standard InChI is InChI=1S/C18H30BNO4.C13H18F3NO5S.2CH4/c1-16(2,3)22-15(21)20-13-8-9-14(20)11-12(10-13)19-23-17(4,5)18(6,7)24-19;1-12(2,3)21-11(18)17-8-4-5-9(17)7-10(6-8)22-23(19,20)13(14,15)16;;/h10,13-14H,8-9,11H2,1-7H3;6,8-9H,4-5,7H2,1-3H3;2*1H4. The molecule has 4 atom stereocenters. The first-order chi connectivity index (χ1) is 21.2. The van der Waals surface area contributed by atoms with Crippen molar-refractivity contribution >= 4 is 29.4 Å². The lowest BCUT2D eigenvalue weighted by molar-refractivity contribution is -0.0528. The third-order valence-corrected chi connectivity index (χ3v) is 10.1. The van der Waals surface area contributed by atoms with E-state index in [2.05, 4.69) is 38.0 Å². The average Bonchev–Trinajstić information content (AvgIpc) is 3.38. The van der Waals surface area contributed by atoms with Gasteiger partial charge in [0.05, 0.1) is 23.3 Å². The molecular weight excluding hydrogens is 668 g/mol. The Morgan fingerprint density at radius 3 is 1.55 bits per heavy atom. The monoisotopic (exact) mass is 724 g/mol. The van der Waals surface area contributed by atoms with E-state index in [1.54, 1.807) is 20.8 Å². The van der Waals surface area contributed by atoms with E-state index in [0.717, 1.165) is 19.3 Å². The van der Waals surface area contributed by atoms with Crippen molar-refractivity contribution in [3.63, 3.8) is 0 Å². The van der Waals surface area contributed by atoms with Gasteiger partial charge >= 0.3 is 34.9 Å². The number of amides is 2. The van der Waals surface area contributed by atoms with Crippen molar-refractivity contribution in [3.8, 4) is 0 Å². The number of carbonyl (C=O) groups excluding carboxylic acids is 2. The third kappa shape index (κ3) is 9.66. The zero-order valence-electron chi connectivity index (χ0n) is 28.9. The second kappa shape index (κ2) is 14.3. The molecule has 16 heteroatoms. The van der Waals surface area contributed by atoms with Gasteiger partial charge in [-0.15, -0.1) is 0 Å². The maximum absolute atomic E-state index is 12.5. The number of fused-ring (bicyclic) bond motifs is 4. The van der Waals surface area contributed by atoms with Crippen molar-refractivity contribution in [1.29, 1.82) is 0 Å². The minimum Gasteiger partial charge on any atom is -0.444 e. The molecule has 2 amide bonds. The maximum Gasteiger partial charge on any atom is 0.534 e. The quantitative estimate of drug-likeness (QED) is 0.163. The first-order valence-electron chi connectivity index (χ1n) is 16.0. The number of ether oxygens (including phenoxy) is 2. The molecule has 49 heavy (non-hydrogen) atoms. The summed E-state index contributed by atoms with van der Waals surface area (Å²) in [7, 11) is -5.99. The van der Waals surface area contributed by atoms with Gasteiger partial charge in [-0.3, -0.25) is 9.80 Å². The fraction of sp³-hybridized carbons (Fsp3) is 0.818. The smallest absolute Gasteiger partial charge is 0.444 e. The molecule has 11 nitrogen and oxygen atoms in total. The Bertz CT molecular complexity index is 1380. The lowest BCUT2D eigenvalue weighted by atomic mass is 9.73. The van der Waals surface area contributed by atoms with Gasteiger partial charge in [0.25, 0.3) is 0 Å². The summed E-state index contributed by atoms with van der Waals surface area (Å²) in [6.07, 6.45) is 6.38. The van der Waals surface area contributed by atoms with Crippen LogP contribution in [-0.2, 0) is 33.1 Å². The molecule has 282 valence electrons. The van der Waals surface area contributed by atoms with Crippen LogP contribution >= 0.6 is 0 Å². The number of halogens is 3. The van der Waals surface area contributed by atoms with Gasteiger partial charge < -0.3 is 23.0 Å². The second-order valence-electron chi connectivity index (χ2n) is 15.7. The van der Waals surface area contributed by atoms with E-state index < -0.39 is 45.0 Å². The molecule has 5 heterocycles. The topological polar surface area (TPSA) is 121 Å². The van der Waals surface area contributed by atoms with E-state index in [1.165, 1.54) is 16.4 Å². The molecule has 4 unspecified atom stereocenters. The van der Waals surface area contributed by atoms with E-state index >= 15 is 0 Å². The van der Waals surface area contributed by atoms with Crippen LogP contribution in [0.15, 0.2) is 23.4 Å². The van der Waals surface area contributed by atoms with Gasteiger partial charge in [-0.25, -0.2) is 9.59 Å². The predicted molar refractivity (Wildman–Crippen MR) is 181 cm³/mol. The molecule has 0 aliphatic carbocycles. The molecule has 5 aliphatic rings. The highest BCUT2D eigenvalue weighted by atomic mass is 32.2. The van der Waals surface area contributed by atoms with E-state index in [1.807, 2.05) is 25.7 Å². The van der Waals surface area contributed by atoms with Gasteiger partial charge in [-0.2, -0.15) is 21.6 Å². The van der Waals surface area contributed by atoms with Crippen LogP contribution in [0.25, 0.3) is 0 Å². The molecule has 0 radical (unpaired) electrons. The lowest BCUT2D eigenvalue weighted by Gasteiger charge is -2.35. The molecule has 3 fully saturated rings. The van der Waals surface area contributed by atoms with Crippen molar-refractivity contribution in [2.24, 2.45) is 0 Å². The number of hydrogen-bond acceptors (Lipinski definition) is 9. The Kier molecular flexibility index (Phi) is 12.4. The molecule has 0 aromatic heterocycles. The van der Waals surface area contributed by atoms with Crippen molar-refractivity contribution in [1.82, 2.24) is 9.80 Å². The molecule has 5 aliphatic heterocycles. The van der Waals surface area contributed by atoms with E-state index in [4.69, 9.17) is 18.8 Å². The van der Waals surface area contributed by atoms with Crippen molar-refractivity contribution < 1.29 is 54.1 Å². The lowest BCUT2D eigenvalue weighted by Crippen LogP contribution is -2.47. The minimum atomic E-state index is -5.69. The molecular formula is C33H56BF3N2O9S. The van der Waals surface area contributed by atoms with E-state index in [9.17, 15) is 31.2 Å². The van der Waals surface area contributed by atoms with Crippen LogP contribution in [0, 0.1) is 0 Å². The second-order valence-corrected chi connectivity index (χ2v) is 17.3. The van der Waals surface area contributed by atoms with Gasteiger partial charge in [0.2, 0.25) is 0 Å². The molecule has 0 aromatic rings. The van der Waals surface area contributed by atoms with Gasteiger partial charge in [0, 0.05) is 18.5 Å². The molecule has 4 bridgehead atoms. The van der Waals surface area contributed by atoms with Crippen LogP contribution in [0.2, 0.25) is 0 Å². The highest BCUT2D eigenvalue weighted by Crippen LogP contribution is 2.43. The van der Waals surface area contributed by atoms with Crippen LogP contribution in [-0.4, -0.2) is 89.6 Å². The van der Waals surface area contributed by atoms with Gasteiger partial charge in [-0.05, 0) is 113 Å². The molecule has 0 saturated carbocycles. The summed E-state index contributed by atoms with van der Waals surface area (Å²) in [5.41, 5.74) is -6.14. The van der Waals surface area contributed by atoms with Crippen molar-refractivity contribution in [2.75, 3.05) is 0 Å². The van der Waals surface area contributed by atoms with Crippen LogP contribution in [0.5, 0.6) is 0 Å². The first-order valence-corrected chi connectivity index (χ1v) is 17.4. The summed E-state index contributed by atoms with van der Waals surface area (Å²) >= 11 is 0. The summed E-state index contributed by atoms with van der Waals surface area (Å²) in [6, 6.07) is -0.684. The van der Waals surface area contributed by atoms with Crippen LogP contribution < -0.4 is 0 Å². The highest BCUT2D eigenvalue weighted by Gasteiger charge is 2.55. The molecule has 0 aromatic carbocycles. The molecule has 0 N–H and O–H groups in total. The number of nitrogens with zero attached hydrogens (tertiary/aromatic N) is 2. The Morgan fingerprint density at radius 1 is 0.776 bits per heavy atom. The summed E-state index contributed by atoms with van der Waals surface area (Å²) in [5.74, 6) is -0.283. The molecule has 0 spiro atoms. The van der Waals surface area contributed by atoms with E-state index in [0.29, 0.717) is 12.8 Å². The zero-order valence-corrected chi connectivity index (χ0v) is 29.7. The van der Waals surface area contributed by atoms with E-state index in [-0.39, 0.29) is 63.5 Å². The highest BCUT2D eigenvalue weighted by molar-refractivity contribution is 7.87. The maximum atomic E-state index is 12.5. The van der Waals surface area contributed by atoms with Crippen molar-refractivity contribution in [2.45, 2.75) is 175 Å². The normalized spacial score (nSPS) is 27.1. The predicted octanol–water partition coefficient (Wildman–Crippen LogP) is 7.90. The number of hydrogen-bond donors (Lipinski definition) is 0. The summed E-state index contributed by atoms with van der Waals surface area (Å²) < 4.78 is 86.6. The fourth-order valence-electron chi connectivity index (χ4n) is 6.27. The van der Waals surface area contributed by atoms with Crippen LogP contribution in [0.1, 0.15) is 123 Å². The summed E-state index contributed by atoms with van der Waals surface area (Å²) in [5, 5.41) is 0. The largest absolute Gasteiger partial charge is 0.534 e. The molecule has 3 saturated heterocycles. The molecule has 5 rings (SSSR count). The minimum absolute atomic E-state index is 0. The van der Waals surface area contributed by atoms with Crippen molar-refractivity contribution in [3.05, 3.63) is 23.4 Å². The number of rotatable bonds is 3. The average molecular weight is 725 g/mol. The summed E-state index contributed by atoms with van der Waals surface area (Å²) in [6.45, 7) is 19.1. The van der Waals surface area contributed by atoms with Gasteiger partial charge in [0.1, 0.15) is 17.0 Å². The fourth-order valence-corrected chi connectivity index (χ4v) is 6.77. The van der Waals surface area contributed by atoms with Gasteiger partial charge in [-0.1, -0.05) is 20.9 Å².